The van der Waals surface area contributed by atoms with E-state index in [1.165, 1.54) is 12.8 Å². The van der Waals surface area contributed by atoms with Crippen molar-refractivity contribution in [2.75, 3.05) is 0 Å². The topological polar surface area (TPSA) is 37.3 Å². The first-order valence-corrected chi connectivity index (χ1v) is 4.22. The van der Waals surface area contributed by atoms with Crippen LogP contribution in [0.25, 0.3) is 0 Å². The van der Waals surface area contributed by atoms with Crippen molar-refractivity contribution >= 4 is 5.97 Å². The largest absolute Gasteiger partial charge is 0.478 e. The Morgan fingerprint density at radius 2 is 2.36 bits per heavy atom. The lowest BCUT2D eigenvalue weighted by Crippen LogP contribution is -2.10. The second kappa shape index (κ2) is 2.36. The summed E-state index contributed by atoms with van der Waals surface area (Å²) in [6.07, 6.45) is 6.48. The standard InChI is InChI=1S/C9H12O2/c10-9(11)8-5-4-6-2-1-3-7(6)8/h5-7H,1-4H2,(H,10,11). The van der Waals surface area contributed by atoms with Crippen LogP contribution in [0.4, 0.5) is 0 Å². The predicted molar refractivity (Wildman–Crippen MR) is 41.2 cm³/mol. The summed E-state index contributed by atoms with van der Waals surface area (Å²) < 4.78 is 0. The number of aliphatic carboxylic acids is 1. The van der Waals surface area contributed by atoms with Crippen molar-refractivity contribution in [3.8, 4) is 0 Å². The third kappa shape index (κ3) is 0.971. The molecule has 60 valence electrons. The summed E-state index contributed by atoms with van der Waals surface area (Å²) in [4.78, 5) is 10.7. The number of rotatable bonds is 1. The quantitative estimate of drug-likeness (QED) is 0.622. The second-order valence-electron chi connectivity index (χ2n) is 3.50. The SMILES string of the molecule is O=C(O)C1=CCC2CCCC12. The summed E-state index contributed by atoms with van der Waals surface area (Å²) >= 11 is 0. The lowest BCUT2D eigenvalue weighted by atomic mass is 9.95. The molecule has 0 saturated heterocycles. The Morgan fingerprint density at radius 1 is 1.55 bits per heavy atom. The normalized spacial score (nSPS) is 35.1. The second-order valence-corrected chi connectivity index (χ2v) is 3.50. The minimum Gasteiger partial charge on any atom is -0.478 e. The van der Waals surface area contributed by atoms with Crippen molar-refractivity contribution in [3.05, 3.63) is 11.6 Å². The highest BCUT2D eigenvalue weighted by Crippen LogP contribution is 2.43. The summed E-state index contributed by atoms with van der Waals surface area (Å²) in [6.45, 7) is 0. The molecule has 0 heterocycles. The highest BCUT2D eigenvalue weighted by molar-refractivity contribution is 5.87. The number of hydrogen-bond acceptors (Lipinski definition) is 1. The highest BCUT2D eigenvalue weighted by atomic mass is 16.4. The van der Waals surface area contributed by atoms with Crippen molar-refractivity contribution in [1.82, 2.24) is 0 Å². The van der Waals surface area contributed by atoms with E-state index in [0.29, 0.717) is 17.4 Å². The fourth-order valence-electron chi connectivity index (χ4n) is 2.40. The van der Waals surface area contributed by atoms with Gasteiger partial charge in [0.15, 0.2) is 0 Å². The fourth-order valence-corrected chi connectivity index (χ4v) is 2.40. The molecule has 0 aliphatic heterocycles. The van der Waals surface area contributed by atoms with Crippen LogP contribution in [0.3, 0.4) is 0 Å². The summed E-state index contributed by atoms with van der Waals surface area (Å²) in [5.74, 6) is 0.369. The summed E-state index contributed by atoms with van der Waals surface area (Å²) in [5.41, 5.74) is 0.688. The Labute approximate surface area is 65.9 Å². The Balaban J connectivity index is 2.18. The van der Waals surface area contributed by atoms with Gasteiger partial charge < -0.3 is 5.11 Å². The number of carbonyl (C=O) groups is 1. The monoisotopic (exact) mass is 152 g/mol. The van der Waals surface area contributed by atoms with Crippen molar-refractivity contribution in [1.29, 1.82) is 0 Å². The molecular formula is C9H12O2. The van der Waals surface area contributed by atoms with Crippen LogP contribution in [0, 0.1) is 11.8 Å². The van der Waals surface area contributed by atoms with Crippen molar-refractivity contribution in [3.63, 3.8) is 0 Å². The van der Waals surface area contributed by atoms with Gasteiger partial charge in [-0.3, -0.25) is 0 Å². The number of carboxylic acid groups (broad SMARTS) is 1. The molecule has 1 fully saturated rings. The zero-order valence-electron chi connectivity index (χ0n) is 6.42. The van der Waals surface area contributed by atoms with E-state index in [2.05, 4.69) is 0 Å². The predicted octanol–water partition coefficient (Wildman–Crippen LogP) is 1.82. The minimum absolute atomic E-state index is 0.396. The Hall–Kier alpha value is -0.790. The molecule has 2 atom stereocenters. The molecule has 0 spiro atoms. The smallest absolute Gasteiger partial charge is 0.331 e. The molecule has 0 amide bonds. The van der Waals surface area contributed by atoms with Gasteiger partial charge in [-0.25, -0.2) is 4.79 Å². The molecule has 2 aliphatic carbocycles. The number of fused-ring (bicyclic) bond motifs is 1. The number of hydrogen-bond donors (Lipinski definition) is 1. The average Bonchev–Trinajstić information content (AvgIpc) is 2.41. The fraction of sp³-hybridized carbons (Fsp3) is 0.667. The maximum absolute atomic E-state index is 10.7. The van der Waals surface area contributed by atoms with Crippen molar-refractivity contribution < 1.29 is 9.90 Å². The molecule has 2 nitrogen and oxygen atoms in total. The summed E-state index contributed by atoms with van der Waals surface area (Å²) in [6, 6.07) is 0. The van der Waals surface area contributed by atoms with Crippen LogP contribution in [0.1, 0.15) is 25.7 Å². The van der Waals surface area contributed by atoms with Crippen LogP contribution in [0.5, 0.6) is 0 Å². The van der Waals surface area contributed by atoms with Crippen LogP contribution in [-0.2, 0) is 4.79 Å². The van der Waals surface area contributed by atoms with Crippen LogP contribution in [-0.4, -0.2) is 11.1 Å². The van der Waals surface area contributed by atoms with Crippen LogP contribution < -0.4 is 0 Å². The lowest BCUT2D eigenvalue weighted by molar-refractivity contribution is -0.133. The highest BCUT2D eigenvalue weighted by Gasteiger charge is 2.36. The van der Waals surface area contributed by atoms with Gasteiger partial charge in [0.05, 0.1) is 0 Å². The molecule has 1 saturated carbocycles. The molecule has 1 N–H and O–H groups in total. The molecular weight excluding hydrogens is 140 g/mol. The molecule has 2 rings (SSSR count). The van der Waals surface area contributed by atoms with E-state index in [9.17, 15) is 4.79 Å². The first-order chi connectivity index (χ1) is 5.29. The molecule has 0 bridgehead atoms. The van der Waals surface area contributed by atoms with Crippen LogP contribution >= 0.6 is 0 Å². The third-order valence-corrected chi connectivity index (χ3v) is 2.95. The van der Waals surface area contributed by atoms with E-state index in [-0.39, 0.29) is 0 Å². The molecule has 0 aromatic heterocycles. The minimum atomic E-state index is -0.695. The van der Waals surface area contributed by atoms with Crippen LogP contribution in [0.2, 0.25) is 0 Å². The summed E-state index contributed by atoms with van der Waals surface area (Å²) in [5, 5.41) is 8.79. The van der Waals surface area contributed by atoms with Gasteiger partial charge in [-0.2, -0.15) is 0 Å². The Bertz CT molecular complexity index is 218. The van der Waals surface area contributed by atoms with E-state index < -0.39 is 5.97 Å². The van der Waals surface area contributed by atoms with Gasteiger partial charge in [-0.05, 0) is 31.1 Å². The van der Waals surface area contributed by atoms with Gasteiger partial charge in [-0.15, -0.1) is 0 Å². The maximum atomic E-state index is 10.7. The van der Waals surface area contributed by atoms with Gasteiger partial charge in [0.1, 0.15) is 0 Å². The first kappa shape index (κ1) is 6.89. The van der Waals surface area contributed by atoms with E-state index in [1.54, 1.807) is 0 Å². The first-order valence-electron chi connectivity index (χ1n) is 4.22. The Kier molecular flexibility index (Phi) is 1.48. The average molecular weight is 152 g/mol. The van der Waals surface area contributed by atoms with Crippen LogP contribution in [0.15, 0.2) is 11.6 Å². The molecule has 0 aromatic carbocycles. The van der Waals surface area contributed by atoms with Crippen molar-refractivity contribution in [2.24, 2.45) is 11.8 Å². The van der Waals surface area contributed by atoms with Gasteiger partial charge in [0.25, 0.3) is 0 Å². The summed E-state index contributed by atoms with van der Waals surface area (Å²) in [7, 11) is 0. The zero-order valence-corrected chi connectivity index (χ0v) is 6.42. The van der Waals surface area contributed by atoms with Gasteiger partial charge in [0.2, 0.25) is 0 Å². The lowest BCUT2D eigenvalue weighted by Gasteiger charge is -2.09. The van der Waals surface area contributed by atoms with Gasteiger partial charge in [0, 0.05) is 5.57 Å². The molecule has 2 unspecified atom stereocenters. The van der Waals surface area contributed by atoms with E-state index in [1.807, 2.05) is 6.08 Å². The molecule has 2 aliphatic rings. The van der Waals surface area contributed by atoms with E-state index >= 15 is 0 Å². The van der Waals surface area contributed by atoms with Gasteiger partial charge >= 0.3 is 5.97 Å². The van der Waals surface area contributed by atoms with E-state index in [0.717, 1.165) is 12.8 Å². The Morgan fingerprint density at radius 3 is 3.09 bits per heavy atom. The van der Waals surface area contributed by atoms with Gasteiger partial charge in [-0.1, -0.05) is 12.5 Å². The molecule has 2 heteroatoms. The van der Waals surface area contributed by atoms with E-state index in [4.69, 9.17) is 5.11 Å². The van der Waals surface area contributed by atoms with Crippen molar-refractivity contribution in [2.45, 2.75) is 25.7 Å². The zero-order chi connectivity index (χ0) is 7.84. The number of carboxylic acids is 1. The molecule has 0 aromatic rings. The maximum Gasteiger partial charge on any atom is 0.331 e. The molecule has 11 heavy (non-hydrogen) atoms. The molecule has 0 radical (unpaired) electrons. The third-order valence-electron chi connectivity index (χ3n) is 2.95. The number of allylic oxidation sites excluding steroid dienone is 1.